The Morgan fingerprint density at radius 1 is 1.45 bits per heavy atom. The summed E-state index contributed by atoms with van der Waals surface area (Å²) in [5.74, 6) is -0.218. The number of carbonyl (C=O) groups is 1. The molecule has 0 saturated carbocycles. The maximum Gasteiger partial charge on any atom is 0.242 e. The van der Waals surface area contributed by atoms with Crippen LogP contribution < -0.4 is 5.32 Å². The number of nitrogens with one attached hydrogen (secondary N) is 1. The molecular weight excluding hydrogens is 324 g/mol. The first-order chi connectivity index (χ1) is 10.3. The van der Waals surface area contributed by atoms with Gasteiger partial charge in [0.1, 0.15) is 6.04 Å². The Hall–Kier alpha value is -1.11. The van der Waals surface area contributed by atoms with Crippen molar-refractivity contribution >= 4 is 33.2 Å². The van der Waals surface area contributed by atoms with Crippen LogP contribution in [-0.4, -0.2) is 37.0 Å². The monoisotopic (exact) mass is 344 g/mol. The van der Waals surface area contributed by atoms with Gasteiger partial charge in [0.15, 0.2) is 0 Å². The van der Waals surface area contributed by atoms with E-state index in [1.165, 1.54) is 4.31 Å². The number of hydrogen-bond donors (Lipinski definition) is 1. The van der Waals surface area contributed by atoms with Crippen molar-refractivity contribution < 1.29 is 13.2 Å². The lowest BCUT2D eigenvalue weighted by Crippen LogP contribution is -2.44. The normalized spacial score (nSPS) is 19.3. The van der Waals surface area contributed by atoms with Gasteiger partial charge in [-0.2, -0.15) is 4.31 Å². The molecular formula is C15H21ClN2O3S. The second-order valence-electron chi connectivity index (χ2n) is 5.54. The Morgan fingerprint density at radius 3 is 2.82 bits per heavy atom. The third kappa shape index (κ3) is 3.80. The summed E-state index contributed by atoms with van der Waals surface area (Å²) in [6, 6.07) is 4.63. The highest BCUT2D eigenvalue weighted by molar-refractivity contribution is 7.89. The fraction of sp³-hybridized carbons (Fsp3) is 0.533. The van der Waals surface area contributed by atoms with Gasteiger partial charge in [-0.25, -0.2) is 8.42 Å². The molecule has 7 heteroatoms. The molecule has 1 aromatic rings. The third-order valence-electron chi connectivity index (χ3n) is 3.77. The molecule has 0 aromatic heterocycles. The number of aryl methyl sites for hydroxylation is 1. The van der Waals surface area contributed by atoms with E-state index in [0.717, 1.165) is 5.56 Å². The molecule has 1 fully saturated rings. The number of sulfonamides is 1. The van der Waals surface area contributed by atoms with E-state index < -0.39 is 16.1 Å². The number of amides is 1. The SMILES string of the molecule is CCCS(=O)(=O)N1CCC[C@H]1C(=O)Nc1ccc(C)c(Cl)c1. The summed E-state index contributed by atoms with van der Waals surface area (Å²) >= 11 is 6.04. The summed E-state index contributed by atoms with van der Waals surface area (Å²) < 4.78 is 25.8. The van der Waals surface area contributed by atoms with Gasteiger partial charge in [0, 0.05) is 17.3 Å². The van der Waals surface area contributed by atoms with E-state index in [-0.39, 0.29) is 11.7 Å². The molecule has 22 heavy (non-hydrogen) atoms. The number of carbonyl (C=O) groups excluding carboxylic acids is 1. The zero-order chi connectivity index (χ0) is 16.3. The highest BCUT2D eigenvalue weighted by atomic mass is 35.5. The van der Waals surface area contributed by atoms with Gasteiger partial charge in [0.05, 0.1) is 5.75 Å². The molecule has 1 aliphatic rings. The van der Waals surface area contributed by atoms with Crippen LogP contribution in [0.4, 0.5) is 5.69 Å². The van der Waals surface area contributed by atoms with Gasteiger partial charge < -0.3 is 5.32 Å². The van der Waals surface area contributed by atoms with Gasteiger partial charge in [0.25, 0.3) is 0 Å². The first kappa shape index (κ1) is 17.2. The number of hydrogen-bond acceptors (Lipinski definition) is 3. The lowest BCUT2D eigenvalue weighted by atomic mass is 10.2. The molecule has 1 atom stereocenters. The molecule has 0 aliphatic carbocycles. The van der Waals surface area contributed by atoms with Crippen LogP contribution in [0.2, 0.25) is 5.02 Å². The summed E-state index contributed by atoms with van der Waals surface area (Å²) in [6.45, 7) is 4.11. The molecule has 1 N–H and O–H groups in total. The first-order valence-corrected chi connectivity index (χ1v) is 9.40. The predicted molar refractivity (Wildman–Crippen MR) is 88.6 cm³/mol. The van der Waals surface area contributed by atoms with E-state index >= 15 is 0 Å². The van der Waals surface area contributed by atoms with Crippen LogP contribution in [0.3, 0.4) is 0 Å². The molecule has 5 nitrogen and oxygen atoms in total. The Labute approximate surface area is 136 Å². The number of benzene rings is 1. The first-order valence-electron chi connectivity index (χ1n) is 7.41. The smallest absolute Gasteiger partial charge is 0.242 e. The Balaban J connectivity index is 2.12. The molecule has 0 radical (unpaired) electrons. The second-order valence-corrected chi connectivity index (χ2v) is 7.99. The van der Waals surface area contributed by atoms with Crippen LogP contribution in [0.5, 0.6) is 0 Å². The average Bonchev–Trinajstić information content (AvgIpc) is 2.93. The molecule has 0 unspecified atom stereocenters. The van der Waals surface area contributed by atoms with Crippen molar-refractivity contribution in [2.24, 2.45) is 0 Å². The minimum absolute atomic E-state index is 0.0765. The molecule has 1 amide bonds. The van der Waals surface area contributed by atoms with Gasteiger partial charge in [-0.3, -0.25) is 4.79 Å². The Kier molecular flexibility index (Phi) is 5.47. The summed E-state index contributed by atoms with van der Waals surface area (Å²) in [6.07, 6.45) is 1.80. The Morgan fingerprint density at radius 2 is 2.18 bits per heavy atom. The average molecular weight is 345 g/mol. The molecule has 1 aliphatic heterocycles. The van der Waals surface area contributed by atoms with Crippen LogP contribution >= 0.6 is 11.6 Å². The number of anilines is 1. The Bertz CT molecular complexity index is 661. The molecule has 2 rings (SSSR count). The van der Waals surface area contributed by atoms with Crippen molar-refractivity contribution in [3.8, 4) is 0 Å². The standard InChI is InChI=1S/C15H21ClN2O3S/c1-3-9-22(20,21)18-8-4-5-14(18)15(19)17-12-7-6-11(2)13(16)10-12/h6-7,10,14H,3-5,8-9H2,1-2H3,(H,17,19)/t14-/m0/s1. The van der Waals surface area contributed by atoms with E-state index in [1.807, 2.05) is 19.9 Å². The quantitative estimate of drug-likeness (QED) is 0.893. The van der Waals surface area contributed by atoms with Crippen molar-refractivity contribution in [2.75, 3.05) is 17.6 Å². The van der Waals surface area contributed by atoms with E-state index in [1.54, 1.807) is 12.1 Å². The summed E-state index contributed by atoms with van der Waals surface area (Å²) in [7, 11) is -3.36. The topological polar surface area (TPSA) is 66.5 Å². The van der Waals surface area contributed by atoms with E-state index in [4.69, 9.17) is 11.6 Å². The third-order valence-corrected chi connectivity index (χ3v) is 6.25. The van der Waals surface area contributed by atoms with Gasteiger partial charge in [0.2, 0.25) is 15.9 Å². The zero-order valence-electron chi connectivity index (χ0n) is 12.8. The van der Waals surface area contributed by atoms with Crippen LogP contribution in [-0.2, 0) is 14.8 Å². The van der Waals surface area contributed by atoms with Crippen molar-refractivity contribution in [1.82, 2.24) is 4.31 Å². The maximum absolute atomic E-state index is 12.4. The largest absolute Gasteiger partial charge is 0.325 e. The fourth-order valence-electron chi connectivity index (χ4n) is 2.61. The predicted octanol–water partition coefficient (Wildman–Crippen LogP) is 2.79. The molecule has 0 spiro atoms. The van der Waals surface area contributed by atoms with Gasteiger partial charge >= 0.3 is 0 Å². The summed E-state index contributed by atoms with van der Waals surface area (Å²) in [5.41, 5.74) is 1.51. The van der Waals surface area contributed by atoms with Gasteiger partial charge in [-0.05, 0) is 43.9 Å². The molecule has 1 aromatic carbocycles. The molecule has 0 bridgehead atoms. The number of nitrogens with zero attached hydrogens (tertiary/aromatic N) is 1. The van der Waals surface area contributed by atoms with E-state index in [2.05, 4.69) is 5.32 Å². The fourth-order valence-corrected chi connectivity index (χ4v) is 4.53. The minimum Gasteiger partial charge on any atom is -0.325 e. The highest BCUT2D eigenvalue weighted by Crippen LogP contribution is 2.25. The van der Waals surface area contributed by atoms with Crippen molar-refractivity contribution in [2.45, 2.75) is 39.2 Å². The van der Waals surface area contributed by atoms with Gasteiger partial charge in [-0.15, -0.1) is 0 Å². The summed E-state index contributed by atoms with van der Waals surface area (Å²) in [4.78, 5) is 12.4. The number of halogens is 1. The van der Waals surface area contributed by atoms with Crippen molar-refractivity contribution in [1.29, 1.82) is 0 Å². The van der Waals surface area contributed by atoms with E-state index in [0.29, 0.717) is 36.5 Å². The van der Waals surface area contributed by atoms with E-state index in [9.17, 15) is 13.2 Å². The minimum atomic E-state index is -3.36. The highest BCUT2D eigenvalue weighted by Gasteiger charge is 2.38. The van der Waals surface area contributed by atoms with Crippen LogP contribution in [0.1, 0.15) is 31.7 Å². The summed E-state index contributed by atoms with van der Waals surface area (Å²) in [5, 5.41) is 3.34. The lowest BCUT2D eigenvalue weighted by Gasteiger charge is -2.23. The maximum atomic E-state index is 12.4. The zero-order valence-corrected chi connectivity index (χ0v) is 14.4. The molecule has 1 saturated heterocycles. The van der Waals surface area contributed by atoms with Crippen molar-refractivity contribution in [3.05, 3.63) is 28.8 Å². The lowest BCUT2D eigenvalue weighted by molar-refractivity contribution is -0.119. The van der Waals surface area contributed by atoms with Crippen LogP contribution in [0.15, 0.2) is 18.2 Å². The van der Waals surface area contributed by atoms with Crippen LogP contribution in [0, 0.1) is 6.92 Å². The van der Waals surface area contributed by atoms with Gasteiger partial charge in [-0.1, -0.05) is 24.6 Å². The van der Waals surface area contributed by atoms with Crippen molar-refractivity contribution in [3.63, 3.8) is 0 Å². The number of rotatable bonds is 5. The molecule has 1 heterocycles. The van der Waals surface area contributed by atoms with Crippen LogP contribution in [0.25, 0.3) is 0 Å². The molecule has 122 valence electrons. The second kappa shape index (κ2) is 6.98.